The highest BCUT2D eigenvalue weighted by Crippen LogP contribution is 2.09. The second kappa shape index (κ2) is 12.6. The van der Waals surface area contributed by atoms with Gasteiger partial charge in [0, 0.05) is 5.75 Å². The van der Waals surface area contributed by atoms with Crippen LogP contribution >= 0.6 is 12.6 Å². The third-order valence-electron chi connectivity index (χ3n) is 4.40. The van der Waals surface area contributed by atoms with Crippen LogP contribution in [0.5, 0.6) is 0 Å². The lowest BCUT2D eigenvalue weighted by Crippen LogP contribution is -2.57. The largest absolute Gasteiger partial charge is 0.480 e. The van der Waals surface area contributed by atoms with E-state index in [4.69, 9.17) is 5.73 Å². The van der Waals surface area contributed by atoms with Gasteiger partial charge < -0.3 is 26.8 Å². The first kappa shape index (κ1) is 26.2. The Bertz CT molecular complexity index is 558. The summed E-state index contributed by atoms with van der Waals surface area (Å²) < 4.78 is 0. The van der Waals surface area contributed by atoms with Crippen LogP contribution in [0.4, 0.5) is 0 Å². The number of amides is 3. The third kappa shape index (κ3) is 8.92. The number of carboxylic acid groups (broad SMARTS) is 1. The van der Waals surface area contributed by atoms with Crippen molar-refractivity contribution in [2.45, 2.75) is 71.6 Å². The van der Waals surface area contributed by atoms with Crippen molar-refractivity contribution in [2.75, 3.05) is 5.75 Å². The van der Waals surface area contributed by atoms with Gasteiger partial charge >= 0.3 is 5.97 Å². The van der Waals surface area contributed by atoms with E-state index < -0.39 is 47.9 Å². The highest BCUT2D eigenvalue weighted by atomic mass is 32.1. The van der Waals surface area contributed by atoms with Crippen molar-refractivity contribution in [3.05, 3.63) is 0 Å². The summed E-state index contributed by atoms with van der Waals surface area (Å²) in [5, 5.41) is 16.8. The molecule has 0 aromatic carbocycles. The molecule has 3 amide bonds. The first-order valence-corrected chi connectivity index (χ1v) is 10.1. The summed E-state index contributed by atoms with van der Waals surface area (Å²) in [4.78, 5) is 48.3. The van der Waals surface area contributed by atoms with Gasteiger partial charge in [-0.3, -0.25) is 14.4 Å². The van der Waals surface area contributed by atoms with E-state index in [1.165, 1.54) is 6.92 Å². The lowest BCUT2D eigenvalue weighted by Gasteiger charge is -2.25. The fourth-order valence-corrected chi connectivity index (χ4v) is 2.57. The molecule has 6 N–H and O–H groups in total. The molecule has 0 fully saturated rings. The number of thiol groups is 1. The van der Waals surface area contributed by atoms with Gasteiger partial charge in [0.25, 0.3) is 0 Å². The Morgan fingerprint density at radius 3 is 1.96 bits per heavy atom. The average molecular weight is 419 g/mol. The Balaban J connectivity index is 5.05. The van der Waals surface area contributed by atoms with Crippen LogP contribution in [-0.4, -0.2) is 58.7 Å². The van der Waals surface area contributed by atoms with Crippen molar-refractivity contribution in [1.82, 2.24) is 16.0 Å². The van der Waals surface area contributed by atoms with Crippen LogP contribution in [-0.2, 0) is 19.2 Å². The minimum Gasteiger partial charge on any atom is -0.480 e. The molecule has 0 saturated carbocycles. The molecular weight excluding hydrogens is 384 g/mol. The smallest absolute Gasteiger partial charge is 0.326 e. The lowest BCUT2D eigenvalue weighted by atomic mass is 9.99. The van der Waals surface area contributed by atoms with Gasteiger partial charge in [-0.05, 0) is 25.2 Å². The fraction of sp³-hybridized carbons (Fsp3) is 0.778. The zero-order valence-electron chi connectivity index (χ0n) is 17.2. The SMILES string of the molecule is CCC(C)C(NC(=O)C(C)NC(=O)C(CC(C)C)NC(=O)C(N)CS)C(=O)O. The molecule has 28 heavy (non-hydrogen) atoms. The second-order valence-electron chi connectivity index (χ2n) is 7.42. The molecule has 0 aliphatic rings. The molecular formula is C18H34N4O5S. The van der Waals surface area contributed by atoms with E-state index in [2.05, 4.69) is 28.6 Å². The van der Waals surface area contributed by atoms with Crippen molar-refractivity contribution >= 4 is 36.3 Å². The number of carbonyl (C=O) groups is 4. The van der Waals surface area contributed by atoms with Crippen molar-refractivity contribution < 1.29 is 24.3 Å². The van der Waals surface area contributed by atoms with E-state index in [-0.39, 0.29) is 17.6 Å². The fourth-order valence-electron chi connectivity index (χ4n) is 2.41. The van der Waals surface area contributed by atoms with Crippen LogP contribution in [0.2, 0.25) is 0 Å². The molecule has 162 valence electrons. The molecule has 0 bridgehead atoms. The van der Waals surface area contributed by atoms with Gasteiger partial charge in [-0.15, -0.1) is 0 Å². The number of hydrogen-bond acceptors (Lipinski definition) is 6. The molecule has 0 heterocycles. The number of hydrogen-bond donors (Lipinski definition) is 6. The highest BCUT2D eigenvalue weighted by molar-refractivity contribution is 7.80. The molecule has 0 aromatic heterocycles. The topological polar surface area (TPSA) is 151 Å². The van der Waals surface area contributed by atoms with Crippen molar-refractivity contribution in [2.24, 2.45) is 17.6 Å². The Morgan fingerprint density at radius 1 is 0.964 bits per heavy atom. The van der Waals surface area contributed by atoms with E-state index in [1.54, 1.807) is 6.92 Å². The molecule has 0 aromatic rings. The monoisotopic (exact) mass is 418 g/mol. The molecule has 10 heteroatoms. The molecule has 9 nitrogen and oxygen atoms in total. The van der Waals surface area contributed by atoms with Gasteiger partial charge in [-0.25, -0.2) is 4.79 Å². The van der Waals surface area contributed by atoms with E-state index in [0.717, 1.165) is 0 Å². The van der Waals surface area contributed by atoms with Crippen LogP contribution in [0.25, 0.3) is 0 Å². The molecule has 0 saturated heterocycles. The van der Waals surface area contributed by atoms with Crippen molar-refractivity contribution in [3.63, 3.8) is 0 Å². The molecule has 5 unspecified atom stereocenters. The maximum Gasteiger partial charge on any atom is 0.326 e. The van der Waals surface area contributed by atoms with Crippen LogP contribution in [0, 0.1) is 11.8 Å². The first-order chi connectivity index (χ1) is 12.9. The predicted octanol–water partition coefficient (Wildman–Crippen LogP) is -0.105. The highest BCUT2D eigenvalue weighted by Gasteiger charge is 2.30. The number of aliphatic carboxylic acids is 1. The van der Waals surface area contributed by atoms with Crippen molar-refractivity contribution in [1.29, 1.82) is 0 Å². The Kier molecular flexibility index (Phi) is 11.8. The number of carboxylic acids is 1. The number of rotatable bonds is 12. The third-order valence-corrected chi connectivity index (χ3v) is 4.80. The Hall–Kier alpha value is -1.81. The number of nitrogens with one attached hydrogen (secondary N) is 3. The van der Waals surface area contributed by atoms with E-state index in [1.807, 2.05) is 20.8 Å². The maximum atomic E-state index is 12.6. The van der Waals surface area contributed by atoms with Gasteiger partial charge in [0.1, 0.15) is 18.1 Å². The van der Waals surface area contributed by atoms with E-state index >= 15 is 0 Å². The Labute approximate surface area is 172 Å². The standard InChI is InChI=1S/C18H34N4O5S/c1-6-10(4)14(18(26)27)22-15(23)11(5)20-17(25)13(7-9(2)3)21-16(24)12(19)8-28/h9-14,28H,6-8,19H2,1-5H3,(H,20,25)(H,21,24)(H,22,23)(H,26,27). The maximum absolute atomic E-state index is 12.6. The molecule has 0 aliphatic heterocycles. The van der Waals surface area contributed by atoms with Gasteiger partial charge in [0.2, 0.25) is 17.7 Å². The summed E-state index contributed by atoms with van der Waals surface area (Å²) in [5.41, 5.74) is 5.63. The van der Waals surface area contributed by atoms with E-state index in [0.29, 0.717) is 12.8 Å². The van der Waals surface area contributed by atoms with Gasteiger partial charge in [-0.2, -0.15) is 12.6 Å². The molecule has 0 rings (SSSR count). The summed E-state index contributed by atoms with van der Waals surface area (Å²) in [7, 11) is 0. The first-order valence-electron chi connectivity index (χ1n) is 9.44. The number of nitrogens with two attached hydrogens (primary N) is 1. The summed E-state index contributed by atoms with van der Waals surface area (Å²) >= 11 is 3.97. The van der Waals surface area contributed by atoms with Gasteiger partial charge in [0.05, 0.1) is 6.04 Å². The minimum absolute atomic E-state index is 0.106. The minimum atomic E-state index is -1.13. The van der Waals surface area contributed by atoms with Crippen LogP contribution in [0.1, 0.15) is 47.5 Å². The predicted molar refractivity (Wildman–Crippen MR) is 110 cm³/mol. The Morgan fingerprint density at radius 2 is 1.54 bits per heavy atom. The van der Waals surface area contributed by atoms with Gasteiger partial charge in [-0.1, -0.05) is 34.1 Å². The van der Waals surface area contributed by atoms with Crippen LogP contribution < -0.4 is 21.7 Å². The molecule has 0 aliphatic carbocycles. The normalized spacial score (nSPS) is 16.4. The zero-order valence-corrected chi connectivity index (χ0v) is 18.1. The zero-order chi connectivity index (χ0) is 22.0. The number of carbonyl (C=O) groups excluding carboxylic acids is 3. The molecule has 5 atom stereocenters. The van der Waals surface area contributed by atoms with Gasteiger partial charge in [0.15, 0.2) is 0 Å². The average Bonchev–Trinajstić information content (AvgIpc) is 2.62. The van der Waals surface area contributed by atoms with Crippen LogP contribution in [0.15, 0.2) is 0 Å². The summed E-state index contributed by atoms with van der Waals surface area (Å²) in [6.07, 6.45) is 0.932. The summed E-state index contributed by atoms with van der Waals surface area (Å²) in [6, 6.07) is -3.73. The second-order valence-corrected chi connectivity index (χ2v) is 7.79. The van der Waals surface area contributed by atoms with E-state index in [9.17, 15) is 24.3 Å². The quantitative estimate of drug-likeness (QED) is 0.244. The molecule has 0 spiro atoms. The summed E-state index contributed by atoms with van der Waals surface area (Å²) in [5.74, 6) is -2.81. The van der Waals surface area contributed by atoms with Crippen molar-refractivity contribution in [3.8, 4) is 0 Å². The summed E-state index contributed by atoms with van der Waals surface area (Å²) in [6.45, 7) is 8.79. The van der Waals surface area contributed by atoms with Crippen LogP contribution in [0.3, 0.4) is 0 Å². The molecule has 0 radical (unpaired) electrons. The lowest BCUT2D eigenvalue weighted by molar-refractivity contribution is -0.143.